The van der Waals surface area contributed by atoms with Gasteiger partial charge in [0, 0.05) is 5.56 Å². The van der Waals surface area contributed by atoms with E-state index in [2.05, 4.69) is 46.8 Å². The zero-order chi connectivity index (χ0) is 15.3. The molecule has 0 atom stereocenters. The van der Waals surface area contributed by atoms with Gasteiger partial charge in [-0.3, -0.25) is 10.5 Å². The van der Waals surface area contributed by atoms with E-state index in [9.17, 15) is 4.79 Å². The van der Waals surface area contributed by atoms with Crippen molar-refractivity contribution in [3.05, 3.63) is 34.4 Å². The topological polar surface area (TPSA) is 40.9 Å². The summed E-state index contributed by atoms with van der Waals surface area (Å²) in [4.78, 5) is 11.7. The van der Waals surface area contributed by atoms with Crippen molar-refractivity contribution in [2.45, 2.75) is 72.1 Å². The van der Waals surface area contributed by atoms with E-state index in [-0.39, 0.29) is 11.8 Å². The lowest BCUT2D eigenvalue weighted by Crippen LogP contribution is -2.12. The van der Waals surface area contributed by atoms with Gasteiger partial charge in [-0.1, -0.05) is 59.6 Å². The van der Waals surface area contributed by atoms with Crippen molar-refractivity contribution >= 4 is 5.91 Å². The number of carbonyl (C=O) groups excluding carboxylic acids is 1. The zero-order valence-corrected chi connectivity index (χ0v) is 13.5. The molecule has 0 saturated carbocycles. The summed E-state index contributed by atoms with van der Waals surface area (Å²) in [5, 5.41) is 0. The van der Waals surface area contributed by atoms with Crippen LogP contribution in [0, 0.1) is 0 Å². The normalized spacial score (nSPS) is 11.3. The molecule has 0 bridgehead atoms. The van der Waals surface area contributed by atoms with E-state index >= 15 is 0 Å². The zero-order valence-electron chi connectivity index (χ0n) is 13.5. The van der Waals surface area contributed by atoms with Crippen molar-refractivity contribution < 1.29 is 4.79 Å². The molecule has 111 valence electrons. The number of benzene rings is 1. The van der Waals surface area contributed by atoms with Crippen LogP contribution in [0.4, 0.5) is 0 Å². The Kier molecular flexibility index (Phi) is 6.25. The number of nitrogens with one attached hydrogen (secondary N) is 1. The average molecular weight is 274 g/mol. The molecule has 0 heterocycles. The van der Waals surface area contributed by atoms with Gasteiger partial charge in [0.05, 0.1) is 0 Å². The molecule has 0 aliphatic heterocycles. The van der Waals surface area contributed by atoms with Crippen LogP contribution in [0.25, 0.3) is 0 Å². The fourth-order valence-electron chi connectivity index (χ4n) is 2.65. The number of amides is 1. The molecular weight excluding hydrogens is 246 g/mol. The molecular formula is C18H28NO. The second-order valence-electron chi connectivity index (χ2n) is 6.24. The van der Waals surface area contributed by atoms with Gasteiger partial charge in [0.25, 0.3) is 5.91 Å². The van der Waals surface area contributed by atoms with Crippen molar-refractivity contribution in [3.63, 3.8) is 0 Å². The van der Waals surface area contributed by atoms with Gasteiger partial charge in [0.1, 0.15) is 0 Å². The van der Waals surface area contributed by atoms with Gasteiger partial charge >= 0.3 is 0 Å². The van der Waals surface area contributed by atoms with Crippen LogP contribution in [0.2, 0.25) is 0 Å². The van der Waals surface area contributed by atoms with Crippen LogP contribution in [0.15, 0.2) is 12.1 Å². The van der Waals surface area contributed by atoms with Crippen LogP contribution in [-0.2, 0) is 6.42 Å². The number of aryl methyl sites for hydroxylation is 1. The third-order valence-corrected chi connectivity index (χ3v) is 3.80. The molecule has 0 spiro atoms. The van der Waals surface area contributed by atoms with Crippen molar-refractivity contribution in [1.29, 1.82) is 0 Å². The predicted molar refractivity (Wildman–Crippen MR) is 85.3 cm³/mol. The SMILES string of the molecule is CCCCCc1cc(C(C)C)c(C([NH])=O)c(C(C)C)c1. The first-order valence-corrected chi connectivity index (χ1v) is 7.81. The highest BCUT2D eigenvalue weighted by Gasteiger charge is 2.19. The average Bonchev–Trinajstić information content (AvgIpc) is 2.37. The number of hydrogen-bond acceptors (Lipinski definition) is 1. The second-order valence-corrected chi connectivity index (χ2v) is 6.24. The minimum absolute atomic E-state index is 0.280. The van der Waals surface area contributed by atoms with Crippen molar-refractivity contribution in [3.8, 4) is 0 Å². The lowest BCUT2D eigenvalue weighted by Gasteiger charge is -2.19. The summed E-state index contributed by atoms with van der Waals surface area (Å²) in [6.07, 6.45) is 4.73. The number of rotatable bonds is 7. The minimum atomic E-state index is -0.544. The largest absolute Gasteiger partial charge is 0.270 e. The molecule has 0 aliphatic carbocycles. The van der Waals surface area contributed by atoms with E-state index in [4.69, 9.17) is 5.73 Å². The lowest BCUT2D eigenvalue weighted by atomic mass is 9.85. The van der Waals surface area contributed by atoms with Crippen LogP contribution in [-0.4, -0.2) is 5.91 Å². The van der Waals surface area contributed by atoms with Gasteiger partial charge in [-0.05, 0) is 41.4 Å². The fourth-order valence-corrected chi connectivity index (χ4v) is 2.65. The Labute approximate surface area is 123 Å². The van der Waals surface area contributed by atoms with E-state index in [1.165, 1.54) is 24.8 Å². The summed E-state index contributed by atoms with van der Waals surface area (Å²) >= 11 is 0. The van der Waals surface area contributed by atoms with Gasteiger partial charge in [-0.15, -0.1) is 0 Å². The smallest absolute Gasteiger partial charge is 0.267 e. The molecule has 1 radical (unpaired) electrons. The Morgan fingerprint density at radius 3 is 1.90 bits per heavy atom. The molecule has 0 unspecified atom stereocenters. The molecule has 1 amide bonds. The summed E-state index contributed by atoms with van der Waals surface area (Å²) < 4.78 is 0. The Hall–Kier alpha value is -1.31. The fraction of sp³-hybridized carbons (Fsp3) is 0.611. The molecule has 2 heteroatoms. The van der Waals surface area contributed by atoms with Gasteiger partial charge in [-0.25, -0.2) is 0 Å². The Balaban J connectivity index is 3.27. The minimum Gasteiger partial charge on any atom is -0.267 e. The first-order valence-electron chi connectivity index (χ1n) is 7.81. The maximum atomic E-state index is 11.7. The first-order chi connectivity index (χ1) is 9.38. The third kappa shape index (κ3) is 4.09. The molecule has 1 rings (SSSR count). The van der Waals surface area contributed by atoms with Crippen molar-refractivity contribution in [1.82, 2.24) is 5.73 Å². The van der Waals surface area contributed by atoms with E-state index < -0.39 is 5.91 Å². The van der Waals surface area contributed by atoms with E-state index in [1.54, 1.807) is 0 Å². The summed E-state index contributed by atoms with van der Waals surface area (Å²) in [7, 11) is 0. The highest BCUT2D eigenvalue weighted by atomic mass is 16.1. The van der Waals surface area contributed by atoms with Gasteiger partial charge in [-0.2, -0.15) is 0 Å². The monoisotopic (exact) mass is 274 g/mol. The molecule has 0 aliphatic rings. The summed E-state index contributed by atoms with van der Waals surface area (Å²) in [6, 6.07) is 4.29. The van der Waals surface area contributed by atoms with Crippen LogP contribution in [0.3, 0.4) is 0 Å². The highest BCUT2D eigenvalue weighted by Crippen LogP contribution is 2.30. The quantitative estimate of drug-likeness (QED) is 0.638. The maximum Gasteiger partial charge on any atom is 0.270 e. The Morgan fingerprint density at radius 2 is 1.55 bits per heavy atom. The Bertz CT molecular complexity index is 431. The van der Waals surface area contributed by atoms with E-state index in [0.29, 0.717) is 5.56 Å². The van der Waals surface area contributed by atoms with Gasteiger partial charge in [0.2, 0.25) is 0 Å². The number of unbranched alkanes of at least 4 members (excludes halogenated alkanes) is 2. The summed E-state index contributed by atoms with van der Waals surface area (Å²) in [6.45, 7) is 10.6. The van der Waals surface area contributed by atoms with E-state index in [0.717, 1.165) is 17.5 Å². The predicted octanol–water partition coefficient (Wildman–Crippen LogP) is 5.09. The van der Waals surface area contributed by atoms with Crippen LogP contribution in [0.5, 0.6) is 0 Å². The molecule has 1 N–H and O–H groups in total. The summed E-state index contributed by atoms with van der Waals surface area (Å²) in [5.74, 6) is 0.0170. The number of hydrogen-bond donors (Lipinski definition) is 0. The standard InChI is InChI=1S/C18H28NO/c1-6-7-8-9-14-10-15(12(2)3)17(18(19)20)16(11-14)13(4)5/h10-13,19H,6-9H2,1-5H3. The highest BCUT2D eigenvalue weighted by molar-refractivity contribution is 5.96. The first kappa shape index (κ1) is 16.7. The molecule has 1 aromatic carbocycles. The molecule has 0 aromatic heterocycles. The van der Waals surface area contributed by atoms with E-state index in [1.807, 2.05) is 0 Å². The molecule has 1 aromatic rings. The van der Waals surface area contributed by atoms with Crippen molar-refractivity contribution in [2.75, 3.05) is 0 Å². The third-order valence-electron chi connectivity index (χ3n) is 3.80. The van der Waals surface area contributed by atoms with Crippen LogP contribution < -0.4 is 5.73 Å². The van der Waals surface area contributed by atoms with Crippen molar-refractivity contribution in [2.24, 2.45) is 0 Å². The Morgan fingerprint density at radius 1 is 1.05 bits per heavy atom. The molecule has 0 fully saturated rings. The van der Waals surface area contributed by atoms with Crippen LogP contribution >= 0.6 is 0 Å². The van der Waals surface area contributed by atoms with Crippen LogP contribution in [0.1, 0.15) is 92.8 Å². The van der Waals surface area contributed by atoms with Gasteiger partial charge < -0.3 is 0 Å². The number of carbonyl (C=O) groups is 1. The maximum absolute atomic E-state index is 11.7. The summed E-state index contributed by atoms with van der Waals surface area (Å²) in [5.41, 5.74) is 11.6. The van der Waals surface area contributed by atoms with Gasteiger partial charge in [0.15, 0.2) is 0 Å². The molecule has 0 saturated heterocycles. The second kappa shape index (κ2) is 7.47. The molecule has 2 nitrogen and oxygen atoms in total. The molecule has 20 heavy (non-hydrogen) atoms. The lowest BCUT2D eigenvalue weighted by molar-refractivity contribution is 0.0989.